The summed E-state index contributed by atoms with van der Waals surface area (Å²) in [6, 6.07) is 0. The van der Waals surface area contributed by atoms with Gasteiger partial charge >= 0.3 is 0 Å². The lowest BCUT2D eigenvalue weighted by Crippen LogP contribution is -2.56. The first-order valence-electron chi connectivity index (χ1n) is 9.20. The fraction of sp³-hybridized carbons (Fsp3) is 0.810. The van der Waals surface area contributed by atoms with Gasteiger partial charge < -0.3 is 4.74 Å². The maximum absolute atomic E-state index is 6.39. The average molecular weight is 303 g/mol. The van der Waals surface area contributed by atoms with Crippen LogP contribution >= 0.6 is 0 Å². The molecule has 3 fully saturated rings. The van der Waals surface area contributed by atoms with E-state index < -0.39 is 0 Å². The molecule has 0 bridgehead atoms. The van der Waals surface area contributed by atoms with Crippen LogP contribution in [0.25, 0.3) is 0 Å². The maximum atomic E-state index is 6.39. The third-order valence-electron chi connectivity index (χ3n) is 6.98. The second-order valence-electron chi connectivity index (χ2n) is 9.58. The van der Waals surface area contributed by atoms with Crippen molar-refractivity contribution in [3.05, 3.63) is 24.0 Å². The Morgan fingerprint density at radius 3 is 2.45 bits per heavy atom. The molecule has 1 heteroatoms. The topological polar surface area (TPSA) is 9.23 Å². The van der Waals surface area contributed by atoms with E-state index >= 15 is 0 Å². The number of hydrogen-bond acceptors (Lipinski definition) is 1. The van der Waals surface area contributed by atoms with Crippen molar-refractivity contribution in [1.29, 1.82) is 0 Å². The van der Waals surface area contributed by atoms with Crippen LogP contribution in [-0.2, 0) is 4.74 Å². The summed E-state index contributed by atoms with van der Waals surface area (Å²) in [5, 5.41) is 0. The minimum Gasteiger partial charge on any atom is -0.487 e. The van der Waals surface area contributed by atoms with E-state index in [1.165, 1.54) is 37.7 Å². The SMILES string of the molecule is C=C1O[C@@]2(C)CC[C@@H]3C(C)(C)CCC[C@@]3(C)[C@@H]2/C1=C/C(C)C. The molecule has 22 heavy (non-hydrogen) atoms. The van der Waals surface area contributed by atoms with Crippen molar-refractivity contribution in [3.8, 4) is 0 Å². The maximum Gasteiger partial charge on any atom is 0.116 e. The number of allylic oxidation sites excluding steroid dienone is 2. The van der Waals surface area contributed by atoms with Crippen molar-refractivity contribution < 1.29 is 4.74 Å². The van der Waals surface area contributed by atoms with E-state index in [0.29, 0.717) is 22.7 Å². The van der Waals surface area contributed by atoms with Gasteiger partial charge in [-0.3, -0.25) is 0 Å². The predicted molar refractivity (Wildman–Crippen MR) is 93.5 cm³/mol. The third kappa shape index (κ3) is 2.19. The van der Waals surface area contributed by atoms with Gasteiger partial charge in [-0.1, -0.05) is 53.7 Å². The summed E-state index contributed by atoms with van der Waals surface area (Å²) in [6.07, 6.45) is 8.98. The zero-order chi connectivity index (χ0) is 16.3. The van der Waals surface area contributed by atoms with Crippen molar-refractivity contribution >= 4 is 0 Å². The minimum absolute atomic E-state index is 0.0313. The van der Waals surface area contributed by atoms with E-state index in [-0.39, 0.29) is 5.60 Å². The van der Waals surface area contributed by atoms with Gasteiger partial charge in [-0.15, -0.1) is 0 Å². The molecule has 1 saturated heterocycles. The predicted octanol–water partition coefficient (Wildman–Crippen LogP) is 6.11. The van der Waals surface area contributed by atoms with Gasteiger partial charge in [-0.05, 0) is 60.8 Å². The lowest BCUT2D eigenvalue weighted by molar-refractivity contribution is -0.136. The highest BCUT2D eigenvalue weighted by atomic mass is 16.5. The Morgan fingerprint density at radius 2 is 1.82 bits per heavy atom. The second kappa shape index (κ2) is 4.89. The number of rotatable bonds is 1. The molecule has 124 valence electrons. The quantitative estimate of drug-likeness (QED) is 0.567. The summed E-state index contributed by atoms with van der Waals surface area (Å²) < 4.78 is 6.39. The van der Waals surface area contributed by atoms with Crippen LogP contribution in [0.3, 0.4) is 0 Å². The fourth-order valence-corrected chi connectivity index (χ4v) is 6.35. The Kier molecular flexibility index (Phi) is 3.59. The molecular weight excluding hydrogens is 268 g/mol. The van der Waals surface area contributed by atoms with Gasteiger partial charge in [-0.25, -0.2) is 0 Å². The van der Waals surface area contributed by atoms with Crippen LogP contribution in [0.1, 0.15) is 73.6 Å². The van der Waals surface area contributed by atoms with Crippen molar-refractivity contribution in [1.82, 2.24) is 0 Å². The molecule has 0 unspecified atom stereocenters. The summed E-state index contributed by atoms with van der Waals surface area (Å²) >= 11 is 0. The van der Waals surface area contributed by atoms with Gasteiger partial charge in [0.05, 0.1) is 0 Å². The van der Waals surface area contributed by atoms with Crippen LogP contribution in [0.5, 0.6) is 0 Å². The van der Waals surface area contributed by atoms with Gasteiger partial charge in [-0.2, -0.15) is 0 Å². The van der Waals surface area contributed by atoms with Crippen molar-refractivity contribution in [2.75, 3.05) is 0 Å². The van der Waals surface area contributed by atoms with Gasteiger partial charge in [0.25, 0.3) is 0 Å². The summed E-state index contributed by atoms with van der Waals surface area (Å²) in [7, 11) is 0. The molecule has 1 aliphatic heterocycles. The van der Waals surface area contributed by atoms with E-state index in [4.69, 9.17) is 4.74 Å². The number of fused-ring (bicyclic) bond motifs is 3. The Bertz CT molecular complexity index is 512. The van der Waals surface area contributed by atoms with Gasteiger partial charge in [0.15, 0.2) is 0 Å². The van der Waals surface area contributed by atoms with Crippen molar-refractivity contribution in [2.24, 2.45) is 28.6 Å². The highest BCUT2D eigenvalue weighted by Gasteiger charge is 2.63. The monoisotopic (exact) mass is 302 g/mol. The molecule has 0 radical (unpaired) electrons. The zero-order valence-corrected chi connectivity index (χ0v) is 15.5. The summed E-state index contributed by atoms with van der Waals surface area (Å²) in [6.45, 7) is 18.7. The Hall–Kier alpha value is -0.720. The van der Waals surface area contributed by atoms with E-state index in [9.17, 15) is 0 Å². The molecule has 3 rings (SSSR count). The van der Waals surface area contributed by atoms with Crippen LogP contribution in [0, 0.1) is 28.6 Å². The molecule has 2 aliphatic carbocycles. The zero-order valence-electron chi connectivity index (χ0n) is 15.5. The molecule has 0 aromatic carbocycles. The molecular formula is C21H34O. The van der Waals surface area contributed by atoms with E-state index in [2.05, 4.69) is 54.2 Å². The third-order valence-corrected chi connectivity index (χ3v) is 6.98. The van der Waals surface area contributed by atoms with Crippen LogP contribution < -0.4 is 0 Å². The van der Waals surface area contributed by atoms with Crippen molar-refractivity contribution in [3.63, 3.8) is 0 Å². The molecule has 1 heterocycles. The summed E-state index contributed by atoms with van der Waals surface area (Å²) in [4.78, 5) is 0. The number of ether oxygens (including phenoxy) is 1. The lowest BCUT2D eigenvalue weighted by atomic mass is 9.45. The fourth-order valence-electron chi connectivity index (χ4n) is 6.35. The first-order valence-corrected chi connectivity index (χ1v) is 9.20. The van der Waals surface area contributed by atoms with E-state index in [1.807, 2.05) is 0 Å². The minimum atomic E-state index is -0.0313. The Labute approximate surface area is 137 Å². The standard InChI is InChI=1S/C21H34O/c1-14(2)13-16-15(3)22-21(7)12-9-17-19(4,5)10-8-11-20(17,6)18(16)21/h13-14,17-18H,3,8-12H2,1-2,4-7H3/b16-13+/t17-,18+,20-,21+/m1/s1. The molecule has 0 spiro atoms. The Balaban J connectivity index is 2.10. The smallest absolute Gasteiger partial charge is 0.116 e. The van der Waals surface area contributed by atoms with E-state index in [0.717, 1.165) is 11.7 Å². The molecule has 0 aromatic heterocycles. The lowest BCUT2D eigenvalue weighted by Gasteiger charge is -2.60. The normalized spacial score (nSPS) is 45.6. The molecule has 4 atom stereocenters. The highest BCUT2D eigenvalue weighted by molar-refractivity contribution is 5.38. The Morgan fingerprint density at radius 1 is 1.14 bits per heavy atom. The molecule has 0 amide bonds. The first kappa shape index (κ1) is 16.1. The van der Waals surface area contributed by atoms with Crippen LogP contribution in [-0.4, -0.2) is 5.60 Å². The summed E-state index contributed by atoms with van der Waals surface area (Å²) in [5.74, 6) is 2.83. The van der Waals surface area contributed by atoms with Crippen molar-refractivity contribution in [2.45, 2.75) is 79.2 Å². The van der Waals surface area contributed by atoms with E-state index in [1.54, 1.807) is 0 Å². The molecule has 0 N–H and O–H groups in total. The largest absolute Gasteiger partial charge is 0.487 e. The summed E-state index contributed by atoms with van der Waals surface area (Å²) in [5.41, 5.74) is 2.20. The average Bonchev–Trinajstić information content (AvgIpc) is 2.59. The molecule has 0 aromatic rings. The van der Waals surface area contributed by atoms with Gasteiger partial charge in [0.1, 0.15) is 11.4 Å². The van der Waals surface area contributed by atoms with Crippen LogP contribution in [0.4, 0.5) is 0 Å². The highest BCUT2D eigenvalue weighted by Crippen LogP contribution is 2.67. The molecule has 2 saturated carbocycles. The first-order chi connectivity index (χ1) is 10.1. The van der Waals surface area contributed by atoms with Crippen LogP contribution in [0.15, 0.2) is 24.0 Å². The van der Waals surface area contributed by atoms with Crippen LogP contribution in [0.2, 0.25) is 0 Å². The van der Waals surface area contributed by atoms with Gasteiger partial charge in [0, 0.05) is 5.92 Å². The molecule has 1 nitrogen and oxygen atoms in total. The second-order valence-corrected chi connectivity index (χ2v) is 9.58. The number of hydrogen-bond donors (Lipinski definition) is 0. The van der Waals surface area contributed by atoms with Gasteiger partial charge in [0.2, 0.25) is 0 Å². The molecule has 3 aliphatic rings.